The highest BCUT2D eigenvalue weighted by Crippen LogP contribution is 2.26. The normalized spacial score (nSPS) is 14.3. The number of carboxylic acids is 1. The molecule has 0 unspecified atom stereocenters. The van der Waals surface area contributed by atoms with Crippen LogP contribution in [-0.4, -0.2) is 83.1 Å². The zero-order valence-corrected chi connectivity index (χ0v) is 38.3. The zero-order valence-electron chi connectivity index (χ0n) is 36.7. The molecule has 0 aliphatic carbocycles. The fourth-order valence-electron chi connectivity index (χ4n) is 6.69. The molecule has 8 bridgehead atoms. The predicted molar refractivity (Wildman–Crippen MR) is 271 cm³/mol. The summed E-state index contributed by atoms with van der Waals surface area (Å²) in [5.74, 6) is -1.48. The average molecular weight is 1020 g/mol. The van der Waals surface area contributed by atoms with Gasteiger partial charge in [0.1, 0.15) is 16.6 Å². The van der Waals surface area contributed by atoms with Gasteiger partial charge in [0.05, 0.1) is 42.7 Å². The molecular weight excluding hydrogens is 958 g/mol. The van der Waals surface area contributed by atoms with E-state index in [2.05, 4.69) is 44.2 Å². The number of H-pyrrole nitrogens is 2. The number of rotatable bonds is 0. The third-order valence-electron chi connectivity index (χ3n) is 9.58. The summed E-state index contributed by atoms with van der Waals surface area (Å²) in [5, 5.41) is 7.32. The summed E-state index contributed by atoms with van der Waals surface area (Å²) >= 11 is 9.53. The molecule has 17 nitrogen and oxygen atoms in total. The van der Waals surface area contributed by atoms with Crippen molar-refractivity contribution in [2.75, 3.05) is 41.5 Å². The Morgan fingerprint density at radius 3 is 1.67 bits per heavy atom. The van der Waals surface area contributed by atoms with Crippen LogP contribution in [0.5, 0.6) is 11.8 Å². The Morgan fingerprint density at radius 1 is 0.743 bits per heavy atom. The minimum Gasteiger partial charge on any atom is -0.477 e. The topological polar surface area (TPSA) is 239 Å². The van der Waals surface area contributed by atoms with Gasteiger partial charge in [-0.25, -0.2) is 19.2 Å². The largest absolute Gasteiger partial charge is 0.490 e. The second-order valence-electron chi connectivity index (χ2n) is 15.8. The number of fused-ring (bicyclic) bond motifs is 6. The van der Waals surface area contributed by atoms with Crippen LogP contribution in [0.15, 0.2) is 94.6 Å². The first kappa shape index (κ1) is 59.2. The van der Waals surface area contributed by atoms with Gasteiger partial charge in [-0.2, -0.15) is 23.1 Å². The minimum atomic E-state index is -5.08. The van der Waals surface area contributed by atoms with Crippen molar-refractivity contribution in [1.82, 2.24) is 29.1 Å². The molecule has 0 saturated heterocycles. The van der Waals surface area contributed by atoms with Gasteiger partial charge in [-0.1, -0.05) is 83.0 Å². The van der Waals surface area contributed by atoms with Gasteiger partial charge < -0.3 is 40.8 Å². The van der Waals surface area contributed by atoms with Crippen molar-refractivity contribution < 1.29 is 42.1 Å². The zero-order chi connectivity index (χ0) is 48.9. The van der Waals surface area contributed by atoms with E-state index in [0.29, 0.717) is 72.2 Å². The number of pyridine rings is 2. The van der Waals surface area contributed by atoms with Crippen LogP contribution < -0.4 is 37.2 Å². The maximum absolute atomic E-state index is 12.9. The number of hydrogen-bond acceptors (Lipinski definition) is 11. The lowest BCUT2D eigenvalue weighted by molar-refractivity contribution is -0.192. The molecule has 382 valence electrons. The van der Waals surface area contributed by atoms with E-state index in [1.807, 2.05) is 69.3 Å². The SMILES string of the molecule is C.C.C.CC(C)(C)OC(=O)N1C/C=C\CCOc2cc3c([nH]c(=O)n3Cc3cccc1c3)c(N)n2.ClCCl.Nc1nc2cc3c1[nH]c(=O)n3Cc1cccc(c1)CC/C=C\CCO2.O=C(O)C(F)(F)F. The third-order valence-corrected chi connectivity index (χ3v) is 9.58. The molecule has 0 atom stereocenters. The maximum Gasteiger partial charge on any atom is 0.490 e. The van der Waals surface area contributed by atoms with Crippen molar-refractivity contribution >= 4 is 74.7 Å². The number of aromatic nitrogens is 6. The molecule has 8 rings (SSSR count). The van der Waals surface area contributed by atoms with Crippen LogP contribution in [0.2, 0.25) is 0 Å². The molecular formula is C48H62Cl2F3N9O8. The van der Waals surface area contributed by atoms with Crippen LogP contribution in [0.25, 0.3) is 22.1 Å². The summed E-state index contributed by atoms with van der Waals surface area (Å²) in [6.07, 6.45) is 5.99. The van der Waals surface area contributed by atoms with Gasteiger partial charge in [-0.05, 0) is 75.3 Å². The van der Waals surface area contributed by atoms with E-state index in [4.69, 9.17) is 58.8 Å². The van der Waals surface area contributed by atoms with E-state index in [1.54, 1.807) is 26.2 Å². The van der Waals surface area contributed by atoms with E-state index in [-0.39, 0.29) is 57.2 Å². The summed E-state index contributed by atoms with van der Waals surface area (Å²) < 4.78 is 52.1. The lowest BCUT2D eigenvalue weighted by atomic mass is 10.1. The van der Waals surface area contributed by atoms with Crippen LogP contribution >= 0.6 is 23.2 Å². The first-order chi connectivity index (χ1) is 31.8. The molecule has 2 aliphatic rings. The first-order valence-corrected chi connectivity index (χ1v) is 21.8. The lowest BCUT2D eigenvalue weighted by Gasteiger charge is -2.27. The lowest BCUT2D eigenvalue weighted by Crippen LogP contribution is -2.37. The molecule has 2 aromatic carbocycles. The Kier molecular flexibility index (Phi) is 22.6. The molecule has 0 radical (unpaired) electrons. The van der Waals surface area contributed by atoms with Crippen LogP contribution in [0.4, 0.5) is 35.3 Å². The quantitative estimate of drug-likeness (QED) is 0.0706. The number of benzene rings is 2. The van der Waals surface area contributed by atoms with Gasteiger partial charge in [0, 0.05) is 24.4 Å². The number of ether oxygens (including phenoxy) is 3. The molecule has 0 fully saturated rings. The van der Waals surface area contributed by atoms with Crippen molar-refractivity contribution in [2.24, 2.45) is 0 Å². The predicted octanol–water partition coefficient (Wildman–Crippen LogP) is 10.0. The summed E-state index contributed by atoms with van der Waals surface area (Å²) in [6.45, 7) is 7.50. The van der Waals surface area contributed by atoms with Crippen molar-refractivity contribution in [3.63, 3.8) is 0 Å². The van der Waals surface area contributed by atoms with Crippen LogP contribution in [0, 0.1) is 0 Å². The van der Waals surface area contributed by atoms with Crippen LogP contribution in [0.1, 0.15) is 79.0 Å². The van der Waals surface area contributed by atoms with Gasteiger partial charge in [-0.15, -0.1) is 23.2 Å². The van der Waals surface area contributed by atoms with Gasteiger partial charge in [0.15, 0.2) is 11.6 Å². The highest BCUT2D eigenvalue weighted by Gasteiger charge is 2.38. The Balaban J connectivity index is 0.000000395. The van der Waals surface area contributed by atoms with Gasteiger partial charge in [0.25, 0.3) is 0 Å². The molecule has 22 heteroatoms. The number of anilines is 3. The molecule has 7 N–H and O–H groups in total. The number of hydrogen-bond donors (Lipinski definition) is 5. The summed E-state index contributed by atoms with van der Waals surface area (Å²) in [5.41, 5.74) is 17.2. The molecule has 4 aromatic heterocycles. The number of aryl methyl sites for hydroxylation is 1. The molecule has 6 heterocycles. The number of carbonyl (C=O) groups is 2. The highest BCUT2D eigenvalue weighted by atomic mass is 35.5. The Hall–Kier alpha value is -6.93. The van der Waals surface area contributed by atoms with E-state index >= 15 is 0 Å². The second-order valence-corrected chi connectivity index (χ2v) is 16.6. The maximum atomic E-state index is 12.9. The Labute approximate surface area is 413 Å². The smallest absolute Gasteiger partial charge is 0.477 e. The summed E-state index contributed by atoms with van der Waals surface area (Å²) in [6, 6.07) is 19.3. The number of aliphatic carboxylic acids is 1. The molecule has 0 saturated carbocycles. The van der Waals surface area contributed by atoms with Gasteiger partial charge in [-0.3, -0.25) is 14.0 Å². The number of carboxylic acid groups (broad SMARTS) is 1. The van der Waals surface area contributed by atoms with Crippen molar-refractivity contribution in [3.8, 4) is 11.8 Å². The monoisotopic (exact) mass is 1020 g/mol. The summed E-state index contributed by atoms with van der Waals surface area (Å²) in [7, 11) is 0. The number of nitrogens with two attached hydrogens (primary N) is 2. The van der Waals surface area contributed by atoms with E-state index in [0.717, 1.165) is 30.4 Å². The number of nitrogen functional groups attached to an aromatic ring is 2. The minimum absolute atomic E-state index is 0. The fourth-order valence-corrected chi connectivity index (χ4v) is 6.69. The standard InChI is InChI=1S/C23H27N5O4.C19H20N4O2.C2HF3O2.CH2Cl2.3CH4/c1-23(2,3)32-22(30)27-10-5-4-6-11-31-18-13-17-19(20(24)25-18)26-21(29)28(17)14-15-8-7-9-16(27)12-15;20-18-17-15-11-16(21-18)25-9-4-2-1-3-6-13-7-5-8-14(10-13)12-23(15)19(24)22-17;3-2(4,5)1(6)7;2-1-3;;;/h4-5,7-9,12-13H,6,10-11,14H2,1-3H3,(H2,24,25)(H,26,29);1-2,5,7-8,10-11H,3-4,6,9,12H2,(H2,20,21)(H,22,24);(H,6,7);1H2;3*1H4/b5-4-;2-1-;;;;;. The van der Waals surface area contributed by atoms with E-state index in [9.17, 15) is 27.6 Å². The Bertz CT molecular complexity index is 2850. The fraction of sp³-hybridized carbons (Fsp3) is 0.375. The van der Waals surface area contributed by atoms with E-state index < -0.39 is 23.8 Å². The van der Waals surface area contributed by atoms with Crippen molar-refractivity contribution in [2.45, 2.75) is 93.6 Å². The van der Waals surface area contributed by atoms with Gasteiger partial charge >= 0.3 is 29.6 Å². The van der Waals surface area contributed by atoms with Crippen molar-refractivity contribution in [3.05, 3.63) is 123 Å². The Morgan fingerprint density at radius 2 is 1.19 bits per heavy atom. The number of nitrogens with one attached hydrogen (secondary N) is 2. The number of halogens is 5. The summed E-state index contributed by atoms with van der Waals surface area (Å²) in [4.78, 5) is 62.5. The van der Waals surface area contributed by atoms with Crippen LogP contribution in [-0.2, 0) is 29.0 Å². The number of aromatic amines is 2. The molecule has 1 amide bonds. The number of alkyl halides is 5. The number of carbonyl (C=O) groups excluding carboxylic acids is 1. The molecule has 70 heavy (non-hydrogen) atoms. The molecule has 2 aliphatic heterocycles. The average Bonchev–Trinajstić information content (AvgIpc) is 3.74. The number of nitrogens with zero attached hydrogens (tertiary/aromatic N) is 5. The van der Waals surface area contributed by atoms with E-state index in [1.165, 1.54) is 5.56 Å². The van der Waals surface area contributed by atoms with Crippen LogP contribution in [0.3, 0.4) is 0 Å². The molecule has 6 aromatic rings. The number of allylic oxidation sites excluding steroid dienone is 1. The van der Waals surface area contributed by atoms with Gasteiger partial charge in [0.2, 0.25) is 11.8 Å². The highest BCUT2D eigenvalue weighted by molar-refractivity contribution is 6.40. The molecule has 0 spiro atoms. The van der Waals surface area contributed by atoms with Crippen molar-refractivity contribution in [1.29, 1.82) is 0 Å². The third kappa shape index (κ3) is 16.6. The number of imidazole rings is 2. The number of amides is 1. The second kappa shape index (κ2) is 26.7. The first-order valence-electron chi connectivity index (χ1n) is 20.7.